The molecule has 0 fully saturated rings. The van der Waals surface area contributed by atoms with Crippen molar-refractivity contribution in [3.63, 3.8) is 0 Å². The molecular formula is C18H10Cl3F6N5. The summed E-state index contributed by atoms with van der Waals surface area (Å²) in [5, 5.41) is 2.60. The van der Waals surface area contributed by atoms with E-state index >= 15 is 0 Å². The van der Waals surface area contributed by atoms with Crippen LogP contribution in [0.1, 0.15) is 11.1 Å². The van der Waals surface area contributed by atoms with Gasteiger partial charge in [0.05, 0.1) is 20.6 Å². The molecule has 0 amide bonds. The Balaban J connectivity index is 2.04. The molecule has 3 rings (SSSR count). The average molecular weight is 517 g/mol. The van der Waals surface area contributed by atoms with Gasteiger partial charge < -0.3 is 10.2 Å². The lowest BCUT2D eigenvalue weighted by molar-refractivity contribution is -0.138. The third-order valence-electron chi connectivity index (χ3n) is 4.03. The van der Waals surface area contributed by atoms with E-state index in [1.165, 1.54) is 18.2 Å². The van der Waals surface area contributed by atoms with Gasteiger partial charge in [0, 0.05) is 25.1 Å². The summed E-state index contributed by atoms with van der Waals surface area (Å²) in [6, 6.07) is 4.91. The zero-order valence-corrected chi connectivity index (χ0v) is 17.9. The minimum absolute atomic E-state index is 0.182. The summed E-state index contributed by atoms with van der Waals surface area (Å²) in [6.45, 7) is 0. The molecule has 1 N–H and O–H groups in total. The van der Waals surface area contributed by atoms with E-state index in [9.17, 15) is 26.3 Å². The number of hydrogen-bond acceptors (Lipinski definition) is 5. The first kappa shape index (κ1) is 24.1. The van der Waals surface area contributed by atoms with Crippen LogP contribution < -0.4 is 10.2 Å². The van der Waals surface area contributed by atoms with Crippen LogP contribution in [0.25, 0.3) is 0 Å². The van der Waals surface area contributed by atoms with Crippen LogP contribution in [0.15, 0.2) is 36.7 Å². The average Bonchev–Trinajstić information content (AvgIpc) is 2.68. The Hall–Kier alpha value is -2.50. The standard InChI is InChI=1S/C18H10Cl3F6N5/c1-32(15-13(21)4-8(6-28-15)17(22,23)24)14-10(18(25,26)27)7-29-16(31-14)30-9-2-3-11(19)12(20)5-9/h2-7H,1H3,(H,29,30,31). The van der Waals surface area contributed by atoms with Gasteiger partial charge in [0.1, 0.15) is 5.56 Å². The molecule has 2 aromatic heterocycles. The van der Waals surface area contributed by atoms with Gasteiger partial charge in [0.15, 0.2) is 11.6 Å². The second kappa shape index (κ2) is 8.80. The van der Waals surface area contributed by atoms with Crippen LogP contribution in [0.5, 0.6) is 0 Å². The summed E-state index contributed by atoms with van der Waals surface area (Å²) in [6.07, 6.45) is -8.61. The van der Waals surface area contributed by atoms with Gasteiger partial charge >= 0.3 is 12.4 Å². The Labute approximate surface area is 192 Å². The third kappa shape index (κ3) is 5.28. The first-order valence-corrected chi connectivity index (χ1v) is 9.53. The maximum atomic E-state index is 13.5. The van der Waals surface area contributed by atoms with E-state index < -0.39 is 34.3 Å². The molecular weight excluding hydrogens is 507 g/mol. The number of anilines is 4. The van der Waals surface area contributed by atoms with Crippen LogP contribution >= 0.6 is 34.8 Å². The van der Waals surface area contributed by atoms with Crippen molar-refractivity contribution in [2.24, 2.45) is 0 Å². The van der Waals surface area contributed by atoms with Crippen LogP contribution in [0.4, 0.5) is 49.6 Å². The summed E-state index contributed by atoms with van der Waals surface area (Å²) in [7, 11) is 1.13. The van der Waals surface area contributed by atoms with Crippen molar-refractivity contribution in [2.45, 2.75) is 12.4 Å². The number of pyridine rings is 1. The summed E-state index contributed by atoms with van der Waals surface area (Å²) >= 11 is 17.6. The fourth-order valence-corrected chi connectivity index (χ4v) is 3.12. The van der Waals surface area contributed by atoms with Crippen molar-refractivity contribution in [2.75, 3.05) is 17.3 Å². The predicted molar refractivity (Wildman–Crippen MR) is 109 cm³/mol. The largest absolute Gasteiger partial charge is 0.421 e. The fourth-order valence-electron chi connectivity index (χ4n) is 2.52. The molecule has 0 saturated carbocycles. The predicted octanol–water partition coefficient (Wildman–Crippen LogP) is 7.38. The maximum absolute atomic E-state index is 13.5. The molecule has 0 atom stereocenters. The second-order valence-corrected chi connectivity index (χ2v) is 7.49. The number of benzene rings is 1. The van der Waals surface area contributed by atoms with Crippen molar-refractivity contribution in [3.8, 4) is 0 Å². The SMILES string of the molecule is CN(c1ncc(C(F)(F)F)cc1Cl)c1nc(Nc2ccc(Cl)c(Cl)c2)ncc1C(F)(F)F. The van der Waals surface area contributed by atoms with Crippen molar-refractivity contribution in [3.05, 3.63) is 62.9 Å². The first-order valence-electron chi connectivity index (χ1n) is 8.40. The second-order valence-electron chi connectivity index (χ2n) is 6.27. The molecule has 0 spiro atoms. The van der Waals surface area contributed by atoms with Gasteiger partial charge in [0.2, 0.25) is 5.95 Å². The Kier molecular flexibility index (Phi) is 6.64. The highest BCUT2D eigenvalue weighted by Crippen LogP contribution is 2.40. The van der Waals surface area contributed by atoms with E-state index in [4.69, 9.17) is 34.8 Å². The van der Waals surface area contributed by atoms with Gasteiger partial charge in [-0.1, -0.05) is 34.8 Å². The summed E-state index contributed by atoms with van der Waals surface area (Å²) in [4.78, 5) is 11.9. The van der Waals surface area contributed by atoms with Crippen LogP contribution in [0.3, 0.4) is 0 Å². The number of halogens is 9. The fraction of sp³-hybridized carbons (Fsp3) is 0.167. The molecule has 1 aromatic carbocycles. The molecule has 0 aliphatic heterocycles. The number of nitrogens with zero attached hydrogens (tertiary/aromatic N) is 4. The normalized spacial score (nSPS) is 12.1. The molecule has 2 heterocycles. The molecule has 0 saturated heterocycles. The maximum Gasteiger partial charge on any atom is 0.421 e. The molecule has 0 aliphatic carbocycles. The molecule has 0 bridgehead atoms. The third-order valence-corrected chi connectivity index (χ3v) is 5.05. The van der Waals surface area contributed by atoms with Crippen molar-refractivity contribution >= 4 is 58.1 Å². The number of hydrogen-bond donors (Lipinski definition) is 1. The van der Waals surface area contributed by atoms with Crippen LogP contribution in [-0.4, -0.2) is 22.0 Å². The van der Waals surface area contributed by atoms with E-state index in [0.29, 0.717) is 24.1 Å². The molecule has 0 unspecified atom stereocenters. The van der Waals surface area contributed by atoms with Crippen LogP contribution in [0.2, 0.25) is 15.1 Å². The van der Waals surface area contributed by atoms with E-state index in [0.717, 1.165) is 11.9 Å². The highest BCUT2D eigenvalue weighted by molar-refractivity contribution is 6.42. The van der Waals surface area contributed by atoms with Crippen molar-refractivity contribution in [1.82, 2.24) is 15.0 Å². The molecule has 14 heteroatoms. The number of rotatable bonds is 4. The summed E-state index contributed by atoms with van der Waals surface area (Å²) in [5.74, 6) is -1.31. The van der Waals surface area contributed by atoms with Gasteiger partial charge in [-0.3, -0.25) is 0 Å². The molecule has 170 valence electrons. The summed E-state index contributed by atoms with van der Waals surface area (Å²) < 4.78 is 79.2. The molecule has 0 radical (unpaired) electrons. The number of aromatic nitrogens is 3. The topological polar surface area (TPSA) is 53.9 Å². The Morgan fingerprint density at radius 3 is 2.06 bits per heavy atom. The van der Waals surface area contributed by atoms with E-state index in [2.05, 4.69) is 20.3 Å². The zero-order chi connectivity index (χ0) is 23.8. The minimum atomic E-state index is -4.87. The van der Waals surface area contributed by atoms with Crippen LogP contribution in [-0.2, 0) is 12.4 Å². The number of nitrogens with one attached hydrogen (secondary N) is 1. The van der Waals surface area contributed by atoms with Gasteiger partial charge in [-0.25, -0.2) is 9.97 Å². The van der Waals surface area contributed by atoms with Gasteiger partial charge in [-0.05, 0) is 24.3 Å². The molecule has 32 heavy (non-hydrogen) atoms. The zero-order valence-electron chi connectivity index (χ0n) is 15.7. The Bertz CT molecular complexity index is 1150. The van der Waals surface area contributed by atoms with E-state index in [1.807, 2.05) is 0 Å². The monoisotopic (exact) mass is 515 g/mol. The van der Waals surface area contributed by atoms with E-state index in [1.54, 1.807) is 0 Å². The lowest BCUT2D eigenvalue weighted by Crippen LogP contribution is -2.21. The van der Waals surface area contributed by atoms with Crippen molar-refractivity contribution < 1.29 is 26.3 Å². The lowest BCUT2D eigenvalue weighted by atomic mass is 10.2. The highest BCUT2D eigenvalue weighted by atomic mass is 35.5. The van der Waals surface area contributed by atoms with Gasteiger partial charge in [0.25, 0.3) is 0 Å². The summed E-state index contributed by atoms with van der Waals surface area (Å²) in [5.41, 5.74) is -2.07. The molecule has 3 aromatic rings. The highest BCUT2D eigenvalue weighted by Gasteiger charge is 2.37. The lowest BCUT2D eigenvalue weighted by Gasteiger charge is -2.23. The van der Waals surface area contributed by atoms with E-state index in [-0.39, 0.29) is 21.8 Å². The Morgan fingerprint density at radius 1 is 0.812 bits per heavy atom. The first-order chi connectivity index (χ1) is 14.8. The number of alkyl halides is 6. The van der Waals surface area contributed by atoms with Gasteiger partial charge in [-0.2, -0.15) is 31.3 Å². The smallest absolute Gasteiger partial charge is 0.324 e. The minimum Gasteiger partial charge on any atom is -0.324 e. The van der Waals surface area contributed by atoms with Gasteiger partial charge in [-0.15, -0.1) is 0 Å². The molecule has 0 aliphatic rings. The quantitative estimate of drug-likeness (QED) is 0.367. The molecule has 5 nitrogen and oxygen atoms in total. The van der Waals surface area contributed by atoms with Crippen molar-refractivity contribution in [1.29, 1.82) is 0 Å². The Morgan fingerprint density at radius 2 is 1.50 bits per heavy atom. The van der Waals surface area contributed by atoms with Crippen LogP contribution in [0, 0.1) is 0 Å².